The van der Waals surface area contributed by atoms with Crippen molar-refractivity contribution in [1.29, 1.82) is 0 Å². The van der Waals surface area contributed by atoms with Gasteiger partial charge in [-0.1, -0.05) is 0 Å². The SMILES string of the molecule is COC12CC(C(=O)Nc3csc(Oc4ccc(N5CCOCC5)cc4)c3)(C1)C2. The Morgan fingerprint density at radius 2 is 1.89 bits per heavy atom. The molecule has 0 radical (unpaired) electrons. The average Bonchev–Trinajstić information content (AvgIpc) is 3.08. The standard InChI is InChI=1S/C21H24N2O4S/c1-25-21-12-20(13-21,14-21)19(24)22-15-10-18(28-11-15)27-17-4-2-16(3-5-17)23-6-8-26-9-7-23/h2-5,10-11H,6-9,12-14H2,1H3,(H,22,24). The molecule has 28 heavy (non-hydrogen) atoms. The second-order valence-electron chi connectivity index (χ2n) is 8.00. The number of carbonyl (C=O) groups excluding carboxylic acids is 1. The first-order valence-electron chi connectivity index (χ1n) is 9.66. The molecular weight excluding hydrogens is 376 g/mol. The number of hydrogen-bond acceptors (Lipinski definition) is 6. The van der Waals surface area contributed by atoms with Crippen molar-refractivity contribution in [2.75, 3.05) is 43.6 Å². The molecule has 4 aliphatic rings. The van der Waals surface area contributed by atoms with Gasteiger partial charge in [-0.15, -0.1) is 11.3 Å². The van der Waals surface area contributed by atoms with E-state index in [4.69, 9.17) is 14.2 Å². The summed E-state index contributed by atoms with van der Waals surface area (Å²) in [6.45, 7) is 3.38. The van der Waals surface area contributed by atoms with E-state index in [-0.39, 0.29) is 16.9 Å². The quantitative estimate of drug-likeness (QED) is 0.797. The van der Waals surface area contributed by atoms with Crippen LogP contribution in [0.15, 0.2) is 35.7 Å². The lowest BCUT2D eigenvalue weighted by Gasteiger charge is -2.67. The van der Waals surface area contributed by atoms with E-state index in [0.717, 1.165) is 62.1 Å². The van der Waals surface area contributed by atoms with Gasteiger partial charge >= 0.3 is 0 Å². The minimum atomic E-state index is -0.214. The smallest absolute Gasteiger partial charge is 0.230 e. The molecule has 6 nitrogen and oxygen atoms in total. The van der Waals surface area contributed by atoms with E-state index in [2.05, 4.69) is 22.3 Å². The number of benzene rings is 1. The van der Waals surface area contributed by atoms with Crippen molar-refractivity contribution in [3.8, 4) is 10.8 Å². The van der Waals surface area contributed by atoms with Gasteiger partial charge in [0.05, 0.1) is 29.9 Å². The molecule has 2 heterocycles. The maximum absolute atomic E-state index is 12.6. The van der Waals surface area contributed by atoms with E-state index < -0.39 is 0 Å². The van der Waals surface area contributed by atoms with Crippen molar-refractivity contribution in [1.82, 2.24) is 0 Å². The van der Waals surface area contributed by atoms with E-state index in [1.54, 1.807) is 7.11 Å². The van der Waals surface area contributed by atoms with Gasteiger partial charge in [0.25, 0.3) is 0 Å². The van der Waals surface area contributed by atoms with Gasteiger partial charge in [-0.25, -0.2) is 0 Å². The Hall–Kier alpha value is -2.09. The predicted molar refractivity (Wildman–Crippen MR) is 109 cm³/mol. The lowest BCUT2D eigenvalue weighted by molar-refractivity contribution is -0.260. The van der Waals surface area contributed by atoms with Crippen LogP contribution < -0.4 is 15.0 Å². The van der Waals surface area contributed by atoms with Crippen molar-refractivity contribution in [3.05, 3.63) is 35.7 Å². The number of rotatable bonds is 6. The summed E-state index contributed by atoms with van der Waals surface area (Å²) in [6.07, 6.45) is 2.52. The van der Waals surface area contributed by atoms with Gasteiger partial charge in [0.2, 0.25) is 5.91 Å². The van der Waals surface area contributed by atoms with Gasteiger partial charge in [0.15, 0.2) is 5.06 Å². The fraction of sp³-hybridized carbons (Fsp3) is 0.476. The van der Waals surface area contributed by atoms with Crippen LogP contribution in [0.4, 0.5) is 11.4 Å². The van der Waals surface area contributed by atoms with E-state index in [1.165, 1.54) is 17.0 Å². The van der Waals surface area contributed by atoms with Gasteiger partial charge in [0.1, 0.15) is 5.75 Å². The Labute approximate surface area is 168 Å². The number of nitrogens with zero attached hydrogens (tertiary/aromatic N) is 1. The fourth-order valence-electron chi connectivity index (χ4n) is 4.51. The summed E-state index contributed by atoms with van der Waals surface area (Å²) in [7, 11) is 1.73. The monoisotopic (exact) mass is 400 g/mol. The van der Waals surface area contributed by atoms with E-state index in [9.17, 15) is 4.79 Å². The van der Waals surface area contributed by atoms with Crippen LogP contribution in [-0.4, -0.2) is 44.9 Å². The minimum absolute atomic E-state index is 0.0202. The third-order valence-corrected chi connectivity index (χ3v) is 6.97. The Morgan fingerprint density at radius 1 is 1.18 bits per heavy atom. The number of thiophene rings is 1. The van der Waals surface area contributed by atoms with Crippen LogP contribution >= 0.6 is 11.3 Å². The molecule has 1 N–H and O–H groups in total. The first-order chi connectivity index (χ1) is 13.6. The maximum atomic E-state index is 12.6. The van der Waals surface area contributed by atoms with Crippen LogP contribution in [0.1, 0.15) is 19.3 Å². The van der Waals surface area contributed by atoms with E-state index >= 15 is 0 Å². The molecule has 4 fully saturated rings. The zero-order valence-electron chi connectivity index (χ0n) is 15.9. The van der Waals surface area contributed by atoms with E-state index in [1.807, 2.05) is 23.6 Å². The first kappa shape index (κ1) is 18.0. The summed E-state index contributed by atoms with van der Waals surface area (Å²) in [6, 6.07) is 10.00. The topological polar surface area (TPSA) is 60.0 Å². The molecule has 0 atom stereocenters. The summed E-state index contributed by atoms with van der Waals surface area (Å²) in [4.78, 5) is 14.9. The van der Waals surface area contributed by atoms with Crippen molar-refractivity contribution in [2.24, 2.45) is 5.41 Å². The molecule has 1 saturated heterocycles. The number of amides is 1. The lowest BCUT2D eigenvalue weighted by atomic mass is 9.40. The molecule has 0 unspecified atom stereocenters. The number of carbonyl (C=O) groups is 1. The van der Waals surface area contributed by atoms with Crippen LogP contribution in [-0.2, 0) is 14.3 Å². The predicted octanol–water partition coefficient (Wildman–Crippen LogP) is 3.88. The summed E-state index contributed by atoms with van der Waals surface area (Å²) in [5, 5.41) is 5.73. The molecule has 1 aromatic carbocycles. The van der Waals surface area contributed by atoms with Crippen LogP contribution in [0, 0.1) is 5.41 Å². The van der Waals surface area contributed by atoms with Crippen LogP contribution in [0.5, 0.6) is 10.8 Å². The van der Waals surface area contributed by atoms with Gasteiger partial charge < -0.3 is 24.4 Å². The molecule has 148 valence electrons. The third-order valence-electron chi connectivity index (χ3n) is 6.16. The molecule has 3 aliphatic carbocycles. The molecule has 1 aromatic heterocycles. The highest BCUT2D eigenvalue weighted by Crippen LogP contribution is 2.69. The Bertz CT molecular complexity index is 853. The van der Waals surface area contributed by atoms with Crippen molar-refractivity contribution >= 4 is 28.6 Å². The van der Waals surface area contributed by atoms with Crippen molar-refractivity contribution in [2.45, 2.75) is 24.9 Å². The van der Waals surface area contributed by atoms with Gasteiger partial charge in [-0.2, -0.15) is 0 Å². The van der Waals surface area contributed by atoms with Crippen molar-refractivity contribution in [3.63, 3.8) is 0 Å². The summed E-state index contributed by atoms with van der Waals surface area (Å²) < 4.78 is 16.8. The Balaban J connectivity index is 1.17. The molecule has 3 saturated carbocycles. The van der Waals surface area contributed by atoms with Crippen molar-refractivity contribution < 1.29 is 19.0 Å². The number of nitrogens with one attached hydrogen (secondary N) is 1. The molecule has 1 amide bonds. The fourth-order valence-corrected chi connectivity index (χ4v) is 5.22. The van der Waals surface area contributed by atoms with Crippen LogP contribution in [0.2, 0.25) is 0 Å². The normalized spacial score (nSPS) is 28.2. The third kappa shape index (κ3) is 3.07. The molecule has 2 aromatic rings. The zero-order valence-corrected chi connectivity index (χ0v) is 16.7. The van der Waals surface area contributed by atoms with Gasteiger partial charge in [-0.05, 0) is 43.5 Å². The highest BCUT2D eigenvalue weighted by atomic mass is 32.1. The summed E-state index contributed by atoms with van der Waals surface area (Å²) in [5.74, 6) is 0.892. The largest absolute Gasteiger partial charge is 0.447 e. The molecule has 0 spiro atoms. The highest BCUT2D eigenvalue weighted by molar-refractivity contribution is 7.12. The number of anilines is 2. The molecule has 7 heteroatoms. The number of hydrogen-bond donors (Lipinski definition) is 1. The molecule has 2 bridgehead atoms. The number of morpholine rings is 1. The second kappa shape index (κ2) is 6.76. The van der Waals surface area contributed by atoms with Crippen LogP contribution in [0.3, 0.4) is 0 Å². The maximum Gasteiger partial charge on any atom is 0.230 e. The molecular formula is C21H24N2O4S. The Kier molecular flexibility index (Phi) is 4.34. The Morgan fingerprint density at radius 3 is 2.57 bits per heavy atom. The second-order valence-corrected chi connectivity index (χ2v) is 8.88. The molecule has 1 aliphatic heterocycles. The van der Waals surface area contributed by atoms with E-state index in [0.29, 0.717) is 0 Å². The van der Waals surface area contributed by atoms with Gasteiger partial charge in [-0.3, -0.25) is 4.79 Å². The number of methoxy groups -OCH3 is 1. The number of ether oxygens (including phenoxy) is 3. The average molecular weight is 401 g/mol. The van der Waals surface area contributed by atoms with Crippen LogP contribution in [0.25, 0.3) is 0 Å². The summed E-state index contributed by atoms with van der Waals surface area (Å²) >= 11 is 1.48. The lowest BCUT2D eigenvalue weighted by Crippen LogP contribution is -2.72. The van der Waals surface area contributed by atoms with Gasteiger partial charge in [0, 0.05) is 37.3 Å². The highest BCUT2D eigenvalue weighted by Gasteiger charge is 2.72. The first-order valence-corrected chi connectivity index (χ1v) is 10.5. The minimum Gasteiger partial charge on any atom is -0.447 e. The molecule has 6 rings (SSSR count). The summed E-state index contributed by atoms with van der Waals surface area (Å²) in [5.41, 5.74) is 1.75. The zero-order chi connectivity index (χ0) is 19.2.